The van der Waals surface area contributed by atoms with Gasteiger partial charge >= 0.3 is 0 Å². The summed E-state index contributed by atoms with van der Waals surface area (Å²) in [5, 5.41) is 5.92. The number of rotatable bonds is 4. The third-order valence-electron chi connectivity index (χ3n) is 2.49. The lowest BCUT2D eigenvalue weighted by molar-refractivity contribution is 0.677. The molecule has 2 nitrogen and oxygen atoms in total. The first-order chi connectivity index (χ1) is 7.42. The zero-order valence-electron chi connectivity index (χ0n) is 9.03. The van der Waals surface area contributed by atoms with E-state index >= 15 is 0 Å². The van der Waals surface area contributed by atoms with Crippen molar-refractivity contribution < 1.29 is 0 Å². The zero-order chi connectivity index (χ0) is 10.5. The summed E-state index contributed by atoms with van der Waals surface area (Å²) in [5.41, 5.74) is 1.28. The van der Waals surface area contributed by atoms with Crippen molar-refractivity contribution in [2.75, 3.05) is 6.54 Å². The van der Waals surface area contributed by atoms with Gasteiger partial charge in [-0.15, -0.1) is 0 Å². The van der Waals surface area contributed by atoms with Crippen LogP contribution in [-0.4, -0.2) is 11.5 Å². The van der Waals surface area contributed by atoms with Gasteiger partial charge < -0.3 is 5.32 Å². The smallest absolute Gasteiger partial charge is 0.0346 e. The fourth-order valence-corrected chi connectivity index (χ4v) is 1.72. The number of hydrogen-bond donors (Lipinski definition) is 1. The number of aromatic nitrogens is 1. The van der Waals surface area contributed by atoms with Crippen molar-refractivity contribution in [2.45, 2.75) is 19.9 Å². The highest BCUT2D eigenvalue weighted by atomic mass is 14.8. The van der Waals surface area contributed by atoms with Crippen LogP contribution in [0.2, 0.25) is 0 Å². The van der Waals surface area contributed by atoms with Gasteiger partial charge in [0, 0.05) is 24.3 Å². The van der Waals surface area contributed by atoms with Crippen LogP contribution < -0.4 is 5.32 Å². The first-order valence-corrected chi connectivity index (χ1v) is 5.44. The van der Waals surface area contributed by atoms with Gasteiger partial charge in [0.1, 0.15) is 0 Å². The number of fused-ring (bicyclic) bond motifs is 1. The Hall–Kier alpha value is -1.41. The van der Waals surface area contributed by atoms with Crippen molar-refractivity contribution in [3.8, 4) is 0 Å². The Morgan fingerprint density at radius 3 is 2.93 bits per heavy atom. The maximum atomic E-state index is 4.25. The Labute approximate surface area is 90.3 Å². The summed E-state index contributed by atoms with van der Waals surface area (Å²) in [6.07, 6.45) is 5.03. The molecule has 0 saturated heterocycles. The normalized spacial score (nSPS) is 10.7. The Balaban J connectivity index is 2.26. The highest BCUT2D eigenvalue weighted by Crippen LogP contribution is 2.16. The molecule has 15 heavy (non-hydrogen) atoms. The molecule has 0 aliphatic carbocycles. The van der Waals surface area contributed by atoms with E-state index in [1.807, 2.05) is 18.5 Å². The second-order valence-corrected chi connectivity index (χ2v) is 3.70. The fourth-order valence-electron chi connectivity index (χ4n) is 1.72. The molecule has 2 heteroatoms. The van der Waals surface area contributed by atoms with E-state index in [0.29, 0.717) is 0 Å². The maximum absolute atomic E-state index is 4.25. The van der Waals surface area contributed by atoms with E-state index in [9.17, 15) is 0 Å². The van der Waals surface area contributed by atoms with E-state index in [1.165, 1.54) is 16.3 Å². The van der Waals surface area contributed by atoms with Crippen molar-refractivity contribution >= 4 is 10.8 Å². The summed E-state index contributed by atoms with van der Waals surface area (Å²) in [7, 11) is 0. The quantitative estimate of drug-likeness (QED) is 0.768. The van der Waals surface area contributed by atoms with Gasteiger partial charge in [-0.25, -0.2) is 0 Å². The minimum Gasteiger partial charge on any atom is -0.313 e. The van der Waals surface area contributed by atoms with Crippen LogP contribution in [-0.2, 0) is 6.54 Å². The molecule has 0 bridgehead atoms. The molecule has 0 amide bonds. The molecule has 0 aliphatic heterocycles. The maximum Gasteiger partial charge on any atom is 0.0346 e. The van der Waals surface area contributed by atoms with Gasteiger partial charge in [0.05, 0.1) is 0 Å². The van der Waals surface area contributed by atoms with Crippen LogP contribution in [0, 0.1) is 0 Å². The monoisotopic (exact) mass is 200 g/mol. The zero-order valence-corrected chi connectivity index (χ0v) is 9.03. The number of pyridine rings is 1. The van der Waals surface area contributed by atoms with E-state index in [4.69, 9.17) is 0 Å². The summed E-state index contributed by atoms with van der Waals surface area (Å²) in [5.74, 6) is 0. The Morgan fingerprint density at radius 1 is 1.20 bits per heavy atom. The van der Waals surface area contributed by atoms with Crippen LogP contribution >= 0.6 is 0 Å². The number of nitrogens with zero attached hydrogens (tertiary/aromatic N) is 1. The minimum atomic E-state index is 0.905. The summed E-state index contributed by atoms with van der Waals surface area (Å²) >= 11 is 0. The average molecular weight is 200 g/mol. The highest BCUT2D eigenvalue weighted by molar-refractivity contribution is 5.84. The standard InChI is InChI=1S/C13H16N2/c1-2-7-14-9-12-10-15-8-11-5-3-4-6-13(11)12/h3-6,8,10,14H,2,7,9H2,1H3. The summed E-state index contributed by atoms with van der Waals surface area (Å²) < 4.78 is 0. The molecule has 0 saturated carbocycles. The third-order valence-corrected chi connectivity index (χ3v) is 2.49. The molecular formula is C13H16N2. The van der Waals surface area contributed by atoms with Crippen LogP contribution in [0.4, 0.5) is 0 Å². The molecule has 0 aliphatic rings. The Bertz CT molecular complexity index is 432. The molecule has 2 rings (SSSR count). The van der Waals surface area contributed by atoms with Gasteiger partial charge in [-0.1, -0.05) is 31.2 Å². The predicted molar refractivity (Wildman–Crippen MR) is 63.7 cm³/mol. The van der Waals surface area contributed by atoms with Crippen molar-refractivity contribution in [3.63, 3.8) is 0 Å². The van der Waals surface area contributed by atoms with E-state index in [0.717, 1.165) is 19.5 Å². The largest absolute Gasteiger partial charge is 0.313 e. The number of hydrogen-bond acceptors (Lipinski definition) is 2. The Kier molecular flexibility index (Phi) is 3.30. The number of nitrogens with one attached hydrogen (secondary N) is 1. The molecular weight excluding hydrogens is 184 g/mol. The molecule has 1 N–H and O–H groups in total. The fraction of sp³-hybridized carbons (Fsp3) is 0.308. The van der Waals surface area contributed by atoms with Crippen LogP contribution in [0.1, 0.15) is 18.9 Å². The topological polar surface area (TPSA) is 24.9 Å². The predicted octanol–water partition coefficient (Wildman–Crippen LogP) is 2.73. The summed E-state index contributed by atoms with van der Waals surface area (Å²) in [6.45, 7) is 4.14. The summed E-state index contributed by atoms with van der Waals surface area (Å²) in [6, 6.07) is 8.38. The van der Waals surface area contributed by atoms with Gasteiger partial charge in [0.25, 0.3) is 0 Å². The van der Waals surface area contributed by atoms with E-state index in [-0.39, 0.29) is 0 Å². The van der Waals surface area contributed by atoms with Gasteiger partial charge in [-0.05, 0) is 23.9 Å². The first kappa shape index (κ1) is 10.1. The average Bonchev–Trinajstić information content (AvgIpc) is 2.30. The van der Waals surface area contributed by atoms with Gasteiger partial charge in [-0.2, -0.15) is 0 Å². The summed E-state index contributed by atoms with van der Waals surface area (Å²) in [4.78, 5) is 4.25. The van der Waals surface area contributed by atoms with Gasteiger partial charge in [-0.3, -0.25) is 4.98 Å². The molecule has 0 spiro atoms. The SMILES string of the molecule is CCCNCc1cncc2ccccc12. The van der Waals surface area contributed by atoms with Crippen LogP contribution in [0.25, 0.3) is 10.8 Å². The van der Waals surface area contributed by atoms with Crippen molar-refractivity contribution in [3.05, 3.63) is 42.2 Å². The highest BCUT2D eigenvalue weighted by Gasteiger charge is 1.99. The minimum absolute atomic E-state index is 0.905. The first-order valence-electron chi connectivity index (χ1n) is 5.44. The van der Waals surface area contributed by atoms with Crippen molar-refractivity contribution in [2.24, 2.45) is 0 Å². The van der Waals surface area contributed by atoms with E-state index in [2.05, 4.69) is 35.4 Å². The molecule has 2 aromatic rings. The Morgan fingerprint density at radius 2 is 2.07 bits per heavy atom. The van der Waals surface area contributed by atoms with E-state index in [1.54, 1.807) is 0 Å². The van der Waals surface area contributed by atoms with E-state index < -0.39 is 0 Å². The van der Waals surface area contributed by atoms with Crippen molar-refractivity contribution in [1.29, 1.82) is 0 Å². The molecule has 1 aromatic carbocycles. The molecule has 1 heterocycles. The van der Waals surface area contributed by atoms with Crippen LogP contribution in [0.5, 0.6) is 0 Å². The lowest BCUT2D eigenvalue weighted by Crippen LogP contribution is -2.14. The lowest BCUT2D eigenvalue weighted by atomic mass is 10.1. The third kappa shape index (κ3) is 2.34. The second-order valence-electron chi connectivity index (χ2n) is 3.70. The molecule has 0 radical (unpaired) electrons. The van der Waals surface area contributed by atoms with Crippen LogP contribution in [0.15, 0.2) is 36.7 Å². The number of benzene rings is 1. The molecule has 0 atom stereocenters. The van der Waals surface area contributed by atoms with Gasteiger partial charge in [0.15, 0.2) is 0 Å². The van der Waals surface area contributed by atoms with Crippen LogP contribution in [0.3, 0.4) is 0 Å². The molecule has 1 aromatic heterocycles. The second kappa shape index (κ2) is 4.89. The molecule has 78 valence electrons. The van der Waals surface area contributed by atoms with Crippen molar-refractivity contribution in [1.82, 2.24) is 10.3 Å². The molecule has 0 unspecified atom stereocenters. The molecule has 0 fully saturated rings. The lowest BCUT2D eigenvalue weighted by Gasteiger charge is -2.06. The van der Waals surface area contributed by atoms with Gasteiger partial charge in [0.2, 0.25) is 0 Å².